The lowest BCUT2D eigenvalue weighted by Gasteiger charge is -2.04. The topological polar surface area (TPSA) is 61.7 Å². The Balaban J connectivity index is 1.72. The van der Waals surface area contributed by atoms with Gasteiger partial charge in [-0.2, -0.15) is 5.10 Å². The Bertz CT molecular complexity index is 915. The van der Waals surface area contributed by atoms with Crippen molar-refractivity contribution in [1.29, 1.82) is 0 Å². The standard InChI is InChI=1S/C20H16N2O2/c23-19-12-11-16-8-4-5-9-17(16)18(19)14-21-22-20(24)13-10-15-6-2-1-3-7-15/h1-14,23H,(H,22,24)/b13-10+,21-14?. The summed E-state index contributed by atoms with van der Waals surface area (Å²) < 4.78 is 0. The van der Waals surface area contributed by atoms with Crippen LogP contribution in [0.4, 0.5) is 0 Å². The van der Waals surface area contributed by atoms with Gasteiger partial charge in [-0.1, -0.05) is 60.7 Å². The lowest BCUT2D eigenvalue weighted by molar-refractivity contribution is -0.116. The molecule has 0 heterocycles. The minimum Gasteiger partial charge on any atom is -0.507 e. The number of benzene rings is 3. The van der Waals surface area contributed by atoms with Crippen LogP contribution < -0.4 is 5.43 Å². The summed E-state index contributed by atoms with van der Waals surface area (Å²) in [5.41, 5.74) is 3.93. The smallest absolute Gasteiger partial charge is 0.264 e. The Morgan fingerprint density at radius 2 is 1.71 bits per heavy atom. The first kappa shape index (κ1) is 15.5. The van der Waals surface area contributed by atoms with Gasteiger partial charge >= 0.3 is 0 Å². The predicted octanol–water partition coefficient (Wildman–Crippen LogP) is 3.71. The summed E-state index contributed by atoms with van der Waals surface area (Å²) in [4.78, 5) is 11.8. The number of hydrogen-bond acceptors (Lipinski definition) is 3. The van der Waals surface area contributed by atoms with E-state index >= 15 is 0 Å². The molecule has 3 aromatic rings. The van der Waals surface area contributed by atoms with E-state index in [4.69, 9.17) is 0 Å². The van der Waals surface area contributed by atoms with Crippen molar-refractivity contribution in [3.63, 3.8) is 0 Å². The Morgan fingerprint density at radius 3 is 2.54 bits per heavy atom. The van der Waals surface area contributed by atoms with E-state index in [0.29, 0.717) is 5.56 Å². The lowest BCUT2D eigenvalue weighted by Crippen LogP contribution is -2.14. The molecular formula is C20H16N2O2. The van der Waals surface area contributed by atoms with Crippen LogP contribution in [0.1, 0.15) is 11.1 Å². The molecule has 3 aromatic carbocycles. The van der Waals surface area contributed by atoms with Gasteiger partial charge in [-0.25, -0.2) is 5.43 Å². The van der Waals surface area contributed by atoms with Crippen molar-refractivity contribution in [1.82, 2.24) is 5.43 Å². The van der Waals surface area contributed by atoms with Crippen molar-refractivity contribution in [3.05, 3.63) is 83.9 Å². The number of carbonyl (C=O) groups excluding carboxylic acids is 1. The van der Waals surface area contributed by atoms with Gasteiger partial charge in [0.05, 0.1) is 6.21 Å². The van der Waals surface area contributed by atoms with E-state index in [0.717, 1.165) is 16.3 Å². The first-order valence-electron chi connectivity index (χ1n) is 7.51. The molecule has 0 spiro atoms. The fourth-order valence-electron chi connectivity index (χ4n) is 2.35. The zero-order valence-corrected chi connectivity index (χ0v) is 12.9. The van der Waals surface area contributed by atoms with Crippen LogP contribution in [0.25, 0.3) is 16.8 Å². The number of hydrazone groups is 1. The van der Waals surface area contributed by atoms with Gasteiger partial charge in [0.25, 0.3) is 5.91 Å². The van der Waals surface area contributed by atoms with Crippen molar-refractivity contribution in [2.75, 3.05) is 0 Å². The van der Waals surface area contributed by atoms with Crippen LogP contribution in [0.5, 0.6) is 5.75 Å². The van der Waals surface area contributed by atoms with Crippen LogP contribution in [0.2, 0.25) is 0 Å². The second-order valence-electron chi connectivity index (χ2n) is 5.20. The summed E-state index contributed by atoms with van der Waals surface area (Å²) in [6, 6.07) is 20.6. The molecule has 2 N–H and O–H groups in total. The monoisotopic (exact) mass is 316 g/mol. The second kappa shape index (κ2) is 7.24. The van der Waals surface area contributed by atoms with E-state index in [-0.39, 0.29) is 11.7 Å². The fourth-order valence-corrected chi connectivity index (χ4v) is 2.35. The molecule has 0 fully saturated rings. The number of phenolic OH excluding ortho intramolecular Hbond substituents is 1. The Morgan fingerprint density at radius 1 is 0.958 bits per heavy atom. The molecule has 0 bridgehead atoms. The molecule has 0 saturated carbocycles. The van der Waals surface area contributed by atoms with Gasteiger partial charge in [0.2, 0.25) is 0 Å². The van der Waals surface area contributed by atoms with E-state index in [2.05, 4.69) is 10.5 Å². The number of carbonyl (C=O) groups is 1. The number of fused-ring (bicyclic) bond motifs is 1. The molecule has 1 amide bonds. The molecule has 0 unspecified atom stereocenters. The van der Waals surface area contributed by atoms with Crippen LogP contribution in [0, 0.1) is 0 Å². The van der Waals surface area contributed by atoms with Crippen molar-refractivity contribution in [2.45, 2.75) is 0 Å². The van der Waals surface area contributed by atoms with Crippen molar-refractivity contribution >= 4 is 29.0 Å². The number of nitrogens with zero attached hydrogens (tertiary/aromatic N) is 1. The zero-order chi connectivity index (χ0) is 16.8. The van der Waals surface area contributed by atoms with Gasteiger partial charge in [-0.3, -0.25) is 4.79 Å². The van der Waals surface area contributed by atoms with Crippen molar-refractivity contribution in [3.8, 4) is 5.75 Å². The fraction of sp³-hybridized carbons (Fsp3) is 0. The van der Waals surface area contributed by atoms with Crippen molar-refractivity contribution < 1.29 is 9.90 Å². The molecule has 0 atom stereocenters. The van der Waals surface area contributed by atoms with Crippen molar-refractivity contribution in [2.24, 2.45) is 5.10 Å². The Labute approximate surface area is 139 Å². The molecule has 0 aromatic heterocycles. The average Bonchev–Trinajstić information content (AvgIpc) is 2.63. The summed E-state index contributed by atoms with van der Waals surface area (Å²) in [6.07, 6.45) is 4.57. The second-order valence-corrected chi connectivity index (χ2v) is 5.20. The number of aromatic hydroxyl groups is 1. The number of nitrogens with one attached hydrogen (secondary N) is 1. The van der Waals surface area contributed by atoms with Crippen LogP contribution in [0.15, 0.2) is 77.9 Å². The summed E-state index contributed by atoms with van der Waals surface area (Å²) in [5, 5.41) is 15.8. The zero-order valence-electron chi connectivity index (χ0n) is 12.9. The molecule has 118 valence electrons. The van der Waals surface area contributed by atoms with Gasteiger partial charge < -0.3 is 5.11 Å². The molecule has 4 heteroatoms. The normalized spacial score (nSPS) is 11.3. The van der Waals surface area contributed by atoms with Crippen LogP contribution in [-0.2, 0) is 4.79 Å². The van der Waals surface area contributed by atoms with E-state index in [1.54, 1.807) is 12.1 Å². The number of amides is 1. The van der Waals surface area contributed by atoms with Gasteiger partial charge in [-0.05, 0) is 28.5 Å². The maximum Gasteiger partial charge on any atom is 0.264 e. The molecule has 24 heavy (non-hydrogen) atoms. The first-order chi connectivity index (χ1) is 11.7. The van der Waals surface area contributed by atoms with E-state index in [1.807, 2.05) is 60.7 Å². The average molecular weight is 316 g/mol. The van der Waals surface area contributed by atoms with Crippen LogP contribution in [-0.4, -0.2) is 17.2 Å². The highest BCUT2D eigenvalue weighted by Crippen LogP contribution is 2.25. The van der Waals surface area contributed by atoms with Crippen LogP contribution >= 0.6 is 0 Å². The number of hydrogen-bond donors (Lipinski definition) is 2. The highest BCUT2D eigenvalue weighted by molar-refractivity contribution is 6.02. The third-order valence-corrected chi connectivity index (χ3v) is 3.54. The minimum atomic E-state index is -0.338. The summed E-state index contributed by atoms with van der Waals surface area (Å²) in [5.74, 6) is -0.221. The Hall–Kier alpha value is -3.40. The molecule has 0 aliphatic heterocycles. The van der Waals surface area contributed by atoms with Crippen LogP contribution in [0.3, 0.4) is 0 Å². The summed E-state index contributed by atoms with van der Waals surface area (Å²) in [6.45, 7) is 0. The summed E-state index contributed by atoms with van der Waals surface area (Å²) >= 11 is 0. The maximum atomic E-state index is 11.8. The van der Waals surface area contributed by atoms with Gasteiger partial charge in [0.15, 0.2) is 0 Å². The minimum absolute atomic E-state index is 0.117. The molecule has 0 radical (unpaired) electrons. The summed E-state index contributed by atoms with van der Waals surface area (Å²) in [7, 11) is 0. The number of phenols is 1. The molecular weight excluding hydrogens is 300 g/mol. The van der Waals surface area contributed by atoms with Gasteiger partial charge in [0.1, 0.15) is 5.75 Å². The highest BCUT2D eigenvalue weighted by atomic mass is 16.3. The quantitative estimate of drug-likeness (QED) is 0.438. The largest absolute Gasteiger partial charge is 0.507 e. The Kier molecular flexibility index (Phi) is 4.68. The molecule has 3 rings (SSSR count). The molecule has 0 aliphatic carbocycles. The number of rotatable bonds is 4. The molecule has 4 nitrogen and oxygen atoms in total. The third-order valence-electron chi connectivity index (χ3n) is 3.54. The maximum absolute atomic E-state index is 11.8. The third kappa shape index (κ3) is 3.67. The SMILES string of the molecule is O=C(/C=C/c1ccccc1)NN=Cc1c(O)ccc2ccccc12. The highest BCUT2D eigenvalue weighted by Gasteiger charge is 2.04. The van der Waals surface area contributed by atoms with Gasteiger partial charge in [0, 0.05) is 11.6 Å². The van der Waals surface area contributed by atoms with E-state index in [9.17, 15) is 9.90 Å². The molecule has 0 aliphatic rings. The predicted molar refractivity (Wildman–Crippen MR) is 96.8 cm³/mol. The van der Waals surface area contributed by atoms with E-state index in [1.165, 1.54) is 12.3 Å². The van der Waals surface area contributed by atoms with E-state index < -0.39 is 0 Å². The van der Waals surface area contributed by atoms with Gasteiger partial charge in [-0.15, -0.1) is 0 Å². The first-order valence-corrected chi connectivity index (χ1v) is 7.51. The molecule has 0 saturated heterocycles. The lowest BCUT2D eigenvalue weighted by atomic mass is 10.0.